The van der Waals surface area contributed by atoms with Crippen molar-refractivity contribution in [3.8, 4) is 17.7 Å². The van der Waals surface area contributed by atoms with E-state index in [0.29, 0.717) is 18.1 Å². The molecule has 2 aromatic rings. The third-order valence-corrected chi connectivity index (χ3v) is 3.66. The number of hydrogen-bond donors (Lipinski definition) is 2. The lowest BCUT2D eigenvalue weighted by molar-refractivity contribution is 0.334. The van der Waals surface area contributed by atoms with Gasteiger partial charge in [-0.15, -0.1) is 5.10 Å². The molecule has 1 atom stereocenters. The lowest BCUT2D eigenvalue weighted by Crippen LogP contribution is -2.21. The van der Waals surface area contributed by atoms with Gasteiger partial charge in [0, 0.05) is 16.8 Å². The molecule has 0 fully saturated rings. The third-order valence-electron chi connectivity index (χ3n) is 3.66. The molecule has 0 saturated heterocycles. The van der Waals surface area contributed by atoms with E-state index in [9.17, 15) is 5.26 Å². The number of aryl methyl sites for hydroxylation is 1. The Morgan fingerprint density at radius 1 is 1.45 bits per heavy atom. The Morgan fingerprint density at radius 3 is 2.95 bits per heavy atom. The topological polar surface area (TPSA) is 96.9 Å². The van der Waals surface area contributed by atoms with Crippen molar-refractivity contribution in [2.45, 2.75) is 19.8 Å². The van der Waals surface area contributed by atoms with Crippen LogP contribution in [-0.2, 0) is 0 Å². The van der Waals surface area contributed by atoms with E-state index < -0.39 is 0 Å². The summed E-state index contributed by atoms with van der Waals surface area (Å²) in [7, 11) is 0. The molecule has 0 bridgehead atoms. The molecule has 1 aliphatic rings. The molecule has 1 aromatic carbocycles. The predicted molar refractivity (Wildman–Crippen MR) is 80.2 cm³/mol. The highest BCUT2D eigenvalue weighted by Gasteiger charge is 2.35. The number of hydrogen-bond acceptors (Lipinski definition) is 5. The molecule has 6 nitrogen and oxygen atoms in total. The highest BCUT2D eigenvalue weighted by atomic mass is 16.5. The molecule has 3 N–H and O–H groups in total. The van der Waals surface area contributed by atoms with E-state index in [1.54, 1.807) is 0 Å². The summed E-state index contributed by atoms with van der Waals surface area (Å²) in [6, 6.07) is 9.79. The van der Waals surface area contributed by atoms with Gasteiger partial charge >= 0.3 is 0 Å². The van der Waals surface area contributed by atoms with E-state index in [4.69, 9.17) is 15.2 Å². The lowest BCUT2D eigenvalue weighted by Gasteiger charge is -2.25. The van der Waals surface area contributed by atoms with Crippen molar-refractivity contribution >= 4 is 0 Å². The number of rotatable bonds is 3. The summed E-state index contributed by atoms with van der Waals surface area (Å²) in [5, 5.41) is 16.5. The molecule has 0 amide bonds. The van der Waals surface area contributed by atoms with Crippen molar-refractivity contribution < 1.29 is 9.47 Å². The predicted octanol–water partition coefficient (Wildman–Crippen LogP) is 2.33. The Balaban J connectivity index is 2.24. The van der Waals surface area contributed by atoms with E-state index >= 15 is 0 Å². The van der Waals surface area contributed by atoms with Crippen LogP contribution in [0.5, 0.6) is 11.6 Å². The number of allylic oxidation sites excluding steroid dienone is 1. The fraction of sp³-hybridized carbons (Fsp3) is 0.250. The number of nitriles is 1. The minimum absolute atomic E-state index is 0.0813. The maximum atomic E-state index is 9.53. The monoisotopic (exact) mass is 296 g/mol. The zero-order chi connectivity index (χ0) is 15.7. The first kappa shape index (κ1) is 14.0. The van der Waals surface area contributed by atoms with Gasteiger partial charge in [-0.05, 0) is 19.9 Å². The van der Waals surface area contributed by atoms with E-state index in [1.165, 1.54) is 0 Å². The molecule has 2 heterocycles. The number of H-pyrrole nitrogens is 1. The molecule has 0 radical (unpaired) electrons. The van der Waals surface area contributed by atoms with Gasteiger partial charge in [-0.25, -0.2) is 0 Å². The van der Waals surface area contributed by atoms with Crippen molar-refractivity contribution in [3.05, 3.63) is 52.5 Å². The van der Waals surface area contributed by atoms with Gasteiger partial charge in [0.05, 0.1) is 12.5 Å². The number of nitrogens with zero attached hydrogens (tertiary/aromatic N) is 2. The number of nitrogens with two attached hydrogens (primary N) is 1. The van der Waals surface area contributed by atoms with Gasteiger partial charge in [0.2, 0.25) is 11.8 Å². The Labute approximate surface area is 128 Å². The third kappa shape index (κ3) is 2.07. The van der Waals surface area contributed by atoms with Crippen LogP contribution in [0.15, 0.2) is 35.7 Å². The van der Waals surface area contributed by atoms with E-state index in [2.05, 4.69) is 16.3 Å². The zero-order valence-electron chi connectivity index (χ0n) is 12.4. The highest BCUT2D eigenvalue weighted by molar-refractivity contribution is 5.57. The van der Waals surface area contributed by atoms with Crippen LogP contribution in [-0.4, -0.2) is 16.8 Å². The molecule has 0 spiro atoms. The molecule has 0 saturated carbocycles. The summed E-state index contributed by atoms with van der Waals surface area (Å²) in [6.07, 6.45) is 0. The molecular formula is C16H16N4O2. The SMILES string of the molecule is CCOc1ccccc1[C@@H]1C(C#N)=C(N)Oc2n[nH]c(C)c21. The quantitative estimate of drug-likeness (QED) is 0.906. The summed E-state index contributed by atoms with van der Waals surface area (Å²) in [5.74, 6) is 0.863. The number of nitrogens with one attached hydrogen (secondary N) is 1. The van der Waals surface area contributed by atoms with Gasteiger partial charge in [-0.1, -0.05) is 18.2 Å². The van der Waals surface area contributed by atoms with Crippen molar-refractivity contribution in [2.24, 2.45) is 5.73 Å². The molecule has 3 rings (SSSR count). The molecule has 0 unspecified atom stereocenters. The van der Waals surface area contributed by atoms with Gasteiger partial charge in [0.15, 0.2) is 0 Å². The average Bonchev–Trinajstić information content (AvgIpc) is 2.88. The van der Waals surface area contributed by atoms with Gasteiger partial charge in [0.25, 0.3) is 0 Å². The second-order valence-corrected chi connectivity index (χ2v) is 4.96. The van der Waals surface area contributed by atoms with Crippen LogP contribution in [0.4, 0.5) is 0 Å². The van der Waals surface area contributed by atoms with Crippen LogP contribution < -0.4 is 15.2 Å². The van der Waals surface area contributed by atoms with Crippen LogP contribution in [0.3, 0.4) is 0 Å². The van der Waals surface area contributed by atoms with Crippen LogP contribution in [0.1, 0.15) is 29.7 Å². The number of para-hydroxylation sites is 1. The summed E-state index contributed by atoms with van der Waals surface area (Å²) in [4.78, 5) is 0. The summed E-state index contributed by atoms with van der Waals surface area (Å²) in [5.41, 5.74) is 8.80. The largest absolute Gasteiger partial charge is 0.494 e. The van der Waals surface area contributed by atoms with E-state index in [0.717, 1.165) is 22.6 Å². The van der Waals surface area contributed by atoms with Crippen molar-refractivity contribution in [1.29, 1.82) is 5.26 Å². The van der Waals surface area contributed by atoms with Crippen LogP contribution in [0.25, 0.3) is 0 Å². The van der Waals surface area contributed by atoms with Crippen LogP contribution >= 0.6 is 0 Å². The Kier molecular flexibility index (Phi) is 3.47. The van der Waals surface area contributed by atoms with Gasteiger partial charge < -0.3 is 15.2 Å². The second kappa shape index (κ2) is 5.45. The Bertz CT molecular complexity index is 786. The first-order chi connectivity index (χ1) is 10.7. The maximum absolute atomic E-state index is 9.53. The summed E-state index contributed by atoms with van der Waals surface area (Å²) in [6.45, 7) is 4.35. The van der Waals surface area contributed by atoms with Gasteiger partial charge in [-0.3, -0.25) is 5.10 Å². The minimum atomic E-state index is -0.352. The number of ether oxygens (including phenoxy) is 2. The number of fused-ring (bicyclic) bond motifs is 1. The molecular weight excluding hydrogens is 280 g/mol. The molecule has 6 heteroatoms. The zero-order valence-corrected chi connectivity index (χ0v) is 12.4. The first-order valence-corrected chi connectivity index (χ1v) is 7.01. The minimum Gasteiger partial charge on any atom is -0.494 e. The van der Waals surface area contributed by atoms with E-state index in [-0.39, 0.29) is 11.8 Å². The molecule has 22 heavy (non-hydrogen) atoms. The lowest BCUT2D eigenvalue weighted by atomic mass is 9.83. The van der Waals surface area contributed by atoms with E-state index in [1.807, 2.05) is 38.1 Å². The summed E-state index contributed by atoms with van der Waals surface area (Å²) < 4.78 is 11.2. The number of aromatic nitrogens is 2. The normalized spacial score (nSPS) is 16.7. The first-order valence-electron chi connectivity index (χ1n) is 7.01. The summed E-state index contributed by atoms with van der Waals surface area (Å²) >= 11 is 0. The standard InChI is InChI=1S/C16H16N4O2/c1-3-21-12-7-5-4-6-10(12)14-11(8-17)15(18)22-16-13(14)9(2)19-20-16/h4-7,14H,3,18H2,1-2H3,(H,19,20)/t14-/m1/s1. The fourth-order valence-corrected chi connectivity index (χ4v) is 2.72. The van der Waals surface area contributed by atoms with Crippen molar-refractivity contribution in [3.63, 3.8) is 0 Å². The fourth-order valence-electron chi connectivity index (χ4n) is 2.72. The van der Waals surface area contributed by atoms with Crippen LogP contribution in [0.2, 0.25) is 0 Å². The van der Waals surface area contributed by atoms with Crippen LogP contribution in [0, 0.1) is 18.3 Å². The molecule has 0 aliphatic carbocycles. The van der Waals surface area contributed by atoms with Gasteiger partial charge in [0.1, 0.15) is 17.4 Å². The highest BCUT2D eigenvalue weighted by Crippen LogP contribution is 2.45. The maximum Gasteiger partial charge on any atom is 0.244 e. The molecule has 1 aromatic heterocycles. The number of aromatic amines is 1. The van der Waals surface area contributed by atoms with Gasteiger partial charge in [-0.2, -0.15) is 5.26 Å². The van der Waals surface area contributed by atoms with Crippen molar-refractivity contribution in [2.75, 3.05) is 6.61 Å². The Hall–Kier alpha value is -2.94. The average molecular weight is 296 g/mol. The van der Waals surface area contributed by atoms with Crippen molar-refractivity contribution in [1.82, 2.24) is 10.2 Å². The second-order valence-electron chi connectivity index (χ2n) is 4.96. The Morgan fingerprint density at radius 2 is 2.23 bits per heavy atom. The molecule has 112 valence electrons. The molecule has 1 aliphatic heterocycles. The smallest absolute Gasteiger partial charge is 0.244 e. The number of benzene rings is 1.